The summed E-state index contributed by atoms with van der Waals surface area (Å²) in [6.45, 7) is 2.13. The van der Waals surface area contributed by atoms with Crippen molar-refractivity contribution >= 4 is 0 Å². The summed E-state index contributed by atoms with van der Waals surface area (Å²) in [4.78, 5) is 4.37. The summed E-state index contributed by atoms with van der Waals surface area (Å²) in [5.41, 5.74) is 2.66. The molecule has 1 unspecified atom stereocenters. The molecule has 0 saturated heterocycles. The van der Waals surface area contributed by atoms with E-state index in [1.807, 2.05) is 26.5 Å². The average Bonchev–Trinajstić information content (AvgIpc) is 2.76. The summed E-state index contributed by atoms with van der Waals surface area (Å²) in [5, 5.41) is 3.39. The third-order valence-corrected chi connectivity index (χ3v) is 3.37. The number of aromatic nitrogens is 2. The minimum Gasteiger partial charge on any atom is -0.338 e. The van der Waals surface area contributed by atoms with E-state index in [2.05, 4.69) is 46.1 Å². The van der Waals surface area contributed by atoms with Gasteiger partial charge in [0.05, 0.1) is 0 Å². The summed E-state index contributed by atoms with van der Waals surface area (Å²) in [6, 6.07) is 9.08. The number of imidazole rings is 1. The lowest BCUT2D eigenvalue weighted by molar-refractivity contribution is 0.535. The Balaban J connectivity index is 2.04. The Labute approximate surface area is 109 Å². The Morgan fingerprint density at radius 3 is 2.83 bits per heavy atom. The zero-order chi connectivity index (χ0) is 13.0. The van der Waals surface area contributed by atoms with Gasteiger partial charge in [0.25, 0.3) is 0 Å². The number of hydrogen-bond acceptors (Lipinski definition) is 2. The molecule has 0 aliphatic carbocycles. The van der Waals surface area contributed by atoms with Crippen LogP contribution in [-0.4, -0.2) is 16.6 Å². The highest BCUT2D eigenvalue weighted by Gasteiger charge is 2.10. The Morgan fingerprint density at radius 1 is 1.39 bits per heavy atom. The molecule has 1 N–H and O–H groups in total. The first kappa shape index (κ1) is 12.8. The van der Waals surface area contributed by atoms with Crippen LogP contribution < -0.4 is 5.32 Å². The summed E-state index contributed by atoms with van der Waals surface area (Å²) in [5.74, 6) is 1.14. The normalized spacial score (nSPS) is 12.6. The lowest BCUT2D eigenvalue weighted by Crippen LogP contribution is -2.17. The van der Waals surface area contributed by atoms with Crippen molar-refractivity contribution in [3.8, 4) is 0 Å². The Bertz CT molecular complexity index is 502. The summed E-state index contributed by atoms with van der Waals surface area (Å²) >= 11 is 0. The minimum absolute atomic E-state index is 0.390. The molecule has 1 atom stereocenters. The monoisotopic (exact) mass is 243 g/mol. The van der Waals surface area contributed by atoms with Crippen LogP contribution in [0, 0.1) is 6.92 Å². The number of rotatable bonds is 5. The van der Waals surface area contributed by atoms with Gasteiger partial charge in [0.15, 0.2) is 0 Å². The summed E-state index contributed by atoms with van der Waals surface area (Å²) < 4.78 is 2.09. The van der Waals surface area contributed by atoms with Gasteiger partial charge < -0.3 is 9.88 Å². The van der Waals surface area contributed by atoms with Gasteiger partial charge in [-0.25, -0.2) is 4.98 Å². The van der Waals surface area contributed by atoms with Crippen LogP contribution in [0.25, 0.3) is 0 Å². The van der Waals surface area contributed by atoms with E-state index >= 15 is 0 Å². The number of benzene rings is 1. The quantitative estimate of drug-likeness (QED) is 0.875. The minimum atomic E-state index is 0.390. The predicted molar refractivity (Wildman–Crippen MR) is 74.5 cm³/mol. The molecule has 0 fully saturated rings. The van der Waals surface area contributed by atoms with E-state index in [0.717, 1.165) is 18.7 Å². The summed E-state index contributed by atoms with van der Waals surface area (Å²) in [6.07, 6.45) is 5.90. The van der Waals surface area contributed by atoms with E-state index < -0.39 is 0 Å². The van der Waals surface area contributed by atoms with E-state index in [1.165, 1.54) is 11.1 Å². The van der Waals surface area contributed by atoms with Crippen LogP contribution in [-0.2, 0) is 13.5 Å². The number of hydrogen-bond donors (Lipinski definition) is 1. The molecule has 1 aromatic heterocycles. The third kappa shape index (κ3) is 2.99. The fraction of sp³-hybridized carbons (Fsp3) is 0.400. The van der Waals surface area contributed by atoms with Crippen LogP contribution in [0.3, 0.4) is 0 Å². The van der Waals surface area contributed by atoms with E-state index in [4.69, 9.17) is 0 Å². The van der Waals surface area contributed by atoms with Gasteiger partial charge in [0.1, 0.15) is 5.82 Å². The molecule has 0 aliphatic heterocycles. The van der Waals surface area contributed by atoms with E-state index in [9.17, 15) is 0 Å². The highest BCUT2D eigenvalue weighted by molar-refractivity contribution is 5.25. The van der Waals surface area contributed by atoms with E-state index in [0.29, 0.717) is 6.04 Å². The zero-order valence-electron chi connectivity index (χ0n) is 11.4. The molecule has 0 saturated carbocycles. The second-order valence-electron chi connectivity index (χ2n) is 4.75. The van der Waals surface area contributed by atoms with Crippen molar-refractivity contribution in [1.82, 2.24) is 14.9 Å². The molecular formula is C15H21N3. The van der Waals surface area contributed by atoms with Crippen LogP contribution in [0.15, 0.2) is 36.7 Å². The number of nitrogens with zero attached hydrogens (tertiary/aromatic N) is 2. The van der Waals surface area contributed by atoms with Gasteiger partial charge in [-0.05, 0) is 26.0 Å². The molecule has 0 amide bonds. The maximum absolute atomic E-state index is 4.37. The molecule has 0 aliphatic rings. The van der Waals surface area contributed by atoms with Gasteiger partial charge in [-0.2, -0.15) is 0 Å². The first-order valence-electron chi connectivity index (χ1n) is 6.40. The first-order chi connectivity index (χ1) is 8.70. The van der Waals surface area contributed by atoms with E-state index in [-0.39, 0.29) is 0 Å². The van der Waals surface area contributed by atoms with Crippen molar-refractivity contribution < 1.29 is 0 Å². The molecule has 96 valence electrons. The Morgan fingerprint density at radius 2 is 2.22 bits per heavy atom. The molecule has 0 spiro atoms. The average molecular weight is 243 g/mol. The van der Waals surface area contributed by atoms with Crippen molar-refractivity contribution in [3.63, 3.8) is 0 Å². The molecule has 0 radical (unpaired) electrons. The van der Waals surface area contributed by atoms with Crippen molar-refractivity contribution in [2.24, 2.45) is 7.05 Å². The first-order valence-corrected chi connectivity index (χ1v) is 6.40. The topological polar surface area (TPSA) is 29.9 Å². The SMILES string of the molecule is CNC(CCc1nccn1C)c1cccc(C)c1. The predicted octanol–water partition coefficient (Wildman–Crippen LogP) is 2.62. The number of aryl methyl sites for hydroxylation is 3. The maximum Gasteiger partial charge on any atom is 0.108 e. The van der Waals surface area contributed by atoms with Crippen LogP contribution in [0.1, 0.15) is 29.4 Å². The number of nitrogens with one attached hydrogen (secondary N) is 1. The summed E-state index contributed by atoms with van der Waals surface area (Å²) in [7, 11) is 4.06. The molecule has 3 nitrogen and oxygen atoms in total. The lowest BCUT2D eigenvalue weighted by Gasteiger charge is -2.17. The smallest absolute Gasteiger partial charge is 0.108 e. The Hall–Kier alpha value is -1.61. The van der Waals surface area contributed by atoms with Crippen LogP contribution in [0.2, 0.25) is 0 Å². The Kier molecular flexibility index (Phi) is 4.15. The molecule has 18 heavy (non-hydrogen) atoms. The molecule has 3 heteroatoms. The van der Waals surface area contributed by atoms with Crippen molar-refractivity contribution in [2.45, 2.75) is 25.8 Å². The second-order valence-corrected chi connectivity index (χ2v) is 4.75. The van der Waals surface area contributed by atoms with Gasteiger partial charge in [0, 0.05) is 31.9 Å². The van der Waals surface area contributed by atoms with Crippen molar-refractivity contribution in [2.75, 3.05) is 7.05 Å². The molecule has 1 aromatic carbocycles. The van der Waals surface area contributed by atoms with Crippen LogP contribution in [0.5, 0.6) is 0 Å². The largest absolute Gasteiger partial charge is 0.338 e. The fourth-order valence-corrected chi connectivity index (χ4v) is 2.28. The maximum atomic E-state index is 4.37. The molecule has 2 rings (SSSR count). The highest BCUT2D eigenvalue weighted by atomic mass is 15.0. The van der Waals surface area contributed by atoms with Gasteiger partial charge in [0.2, 0.25) is 0 Å². The lowest BCUT2D eigenvalue weighted by atomic mass is 10.0. The van der Waals surface area contributed by atoms with Gasteiger partial charge >= 0.3 is 0 Å². The van der Waals surface area contributed by atoms with Gasteiger partial charge in [-0.3, -0.25) is 0 Å². The zero-order valence-corrected chi connectivity index (χ0v) is 11.4. The second kappa shape index (κ2) is 5.83. The van der Waals surface area contributed by atoms with Crippen molar-refractivity contribution in [1.29, 1.82) is 0 Å². The highest BCUT2D eigenvalue weighted by Crippen LogP contribution is 2.19. The van der Waals surface area contributed by atoms with Gasteiger partial charge in [-0.15, -0.1) is 0 Å². The van der Waals surface area contributed by atoms with Crippen molar-refractivity contribution in [3.05, 3.63) is 53.6 Å². The van der Waals surface area contributed by atoms with Crippen LogP contribution >= 0.6 is 0 Å². The molecule has 2 aromatic rings. The van der Waals surface area contributed by atoms with E-state index in [1.54, 1.807) is 0 Å². The fourth-order valence-electron chi connectivity index (χ4n) is 2.28. The molecular weight excluding hydrogens is 222 g/mol. The standard InChI is InChI=1S/C15H21N3/c1-12-5-4-6-13(11-12)14(16-2)7-8-15-17-9-10-18(15)3/h4-6,9-11,14,16H,7-8H2,1-3H3. The third-order valence-electron chi connectivity index (χ3n) is 3.37. The van der Waals surface area contributed by atoms with Gasteiger partial charge in [-0.1, -0.05) is 29.8 Å². The molecule has 1 heterocycles. The molecule has 0 bridgehead atoms. The van der Waals surface area contributed by atoms with Crippen LogP contribution in [0.4, 0.5) is 0 Å².